The van der Waals surface area contributed by atoms with Crippen molar-refractivity contribution in [1.29, 1.82) is 0 Å². The van der Waals surface area contributed by atoms with Gasteiger partial charge in [-0.2, -0.15) is 0 Å². The van der Waals surface area contributed by atoms with E-state index in [1.54, 1.807) is 19.2 Å². The van der Waals surface area contributed by atoms with Crippen LogP contribution >= 0.6 is 0 Å². The lowest BCUT2D eigenvalue weighted by Gasteiger charge is -2.23. The largest absolute Gasteiger partial charge is 0.508 e. The molecule has 0 bridgehead atoms. The van der Waals surface area contributed by atoms with Crippen molar-refractivity contribution in [1.82, 2.24) is 25.0 Å². The van der Waals surface area contributed by atoms with Crippen LogP contribution in [0.2, 0.25) is 0 Å². The maximum absolute atomic E-state index is 12.0. The Hall–Kier alpha value is -2.61. The summed E-state index contributed by atoms with van der Waals surface area (Å²) in [6.45, 7) is 9.02. The normalized spacial score (nSPS) is 15.6. The third-order valence-electron chi connectivity index (χ3n) is 5.41. The molecule has 0 aliphatic carbocycles. The van der Waals surface area contributed by atoms with Gasteiger partial charge in [-0.05, 0) is 24.1 Å². The van der Waals surface area contributed by atoms with E-state index in [-0.39, 0.29) is 23.6 Å². The molecule has 0 saturated carbocycles. The molecule has 29 heavy (non-hydrogen) atoms. The lowest BCUT2D eigenvalue weighted by molar-refractivity contribution is -0.121. The second kappa shape index (κ2) is 9.26. The van der Waals surface area contributed by atoms with Gasteiger partial charge in [-0.3, -0.25) is 9.69 Å². The molecule has 2 aromatic rings. The number of carbonyl (C=O) groups excluding carboxylic acids is 1. The molecule has 8 nitrogen and oxygen atoms in total. The number of phenols is 1. The van der Waals surface area contributed by atoms with E-state index >= 15 is 0 Å². The number of hydrogen-bond acceptors (Lipinski definition) is 6. The molecule has 0 fully saturated rings. The number of methoxy groups -OCH3 is 1. The van der Waals surface area contributed by atoms with Gasteiger partial charge < -0.3 is 19.7 Å². The van der Waals surface area contributed by atoms with Gasteiger partial charge >= 0.3 is 0 Å². The molecule has 1 aromatic heterocycles. The summed E-state index contributed by atoms with van der Waals surface area (Å²) >= 11 is 0. The van der Waals surface area contributed by atoms with Crippen molar-refractivity contribution < 1.29 is 14.6 Å². The van der Waals surface area contributed by atoms with Gasteiger partial charge in [0.05, 0.1) is 13.2 Å². The van der Waals surface area contributed by atoms with Crippen molar-refractivity contribution in [2.24, 2.45) is 5.92 Å². The molecule has 0 saturated heterocycles. The standard InChI is InChI=1S/C21H31N5O3/c1-5-19(28)22-20(14(2)3)21-24-23-18-8-9-25(10-11-26(18)21)13-15-12-16(29-4)6-7-17(15)27/h6-7,12,14,20,27H,5,8-11,13H2,1-4H3,(H,22,28). The number of carbonyl (C=O) groups is 1. The van der Waals surface area contributed by atoms with Crippen LogP contribution in [0.5, 0.6) is 11.5 Å². The SMILES string of the molecule is CCC(=O)NC(c1nnc2n1CCN(Cc1cc(OC)ccc1O)CC2)C(C)C. The molecular formula is C21H31N5O3. The number of phenolic OH excluding ortho intramolecular Hbond substituents is 1. The predicted molar refractivity (Wildman–Crippen MR) is 110 cm³/mol. The van der Waals surface area contributed by atoms with Gasteiger partial charge in [-0.1, -0.05) is 20.8 Å². The number of aromatic hydroxyl groups is 1. The minimum absolute atomic E-state index is 0.0183. The molecular weight excluding hydrogens is 370 g/mol. The topological polar surface area (TPSA) is 92.5 Å². The van der Waals surface area contributed by atoms with Crippen molar-refractivity contribution in [2.75, 3.05) is 20.2 Å². The van der Waals surface area contributed by atoms with E-state index in [2.05, 4.69) is 38.8 Å². The fourth-order valence-electron chi connectivity index (χ4n) is 3.64. The summed E-state index contributed by atoms with van der Waals surface area (Å²) in [5.74, 6) is 3.00. The van der Waals surface area contributed by atoms with Gasteiger partial charge in [-0.15, -0.1) is 10.2 Å². The number of fused-ring (bicyclic) bond motifs is 1. The van der Waals surface area contributed by atoms with Gasteiger partial charge in [0.1, 0.15) is 17.3 Å². The second-order valence-electron chi connectivity index (χ2n) is 7.79. The Bertz CT molecular complexity index is 849. The minimum atomic E-state index is -0.155. The molecule has 158 valence electrons. The average Bonchev–Trinajstić information content (AvgIpc) is 3.00. The van der Waals surface area contributed by atoms with E-state index < -0.39 is 0 Å². The highest BCUT2D eigenvalue weighted by Crippen LogP contribution is 2.26. The van der Waals surface area contributed by atoms with Crippen LogP contribution in [0.3, 0.4) is 0 Å². The van der Waals surface area contributed by atoms with Gasteiger partial charge in [0.25, 0.3) is 0 Å². The first kappa shape index (κ1) is 21.1. The van der Waals surface area contributed by atoms with Crippen molar-refractivity contribution in [3.05, 3.63) is 35.4 Å². The van der Waals surface area contributed by atoms with Crippen LogP contribution in [0.25, 0.3) is 0 Å². The van der Waals surface area contributed by atoms with Crippen LogP contribution < -0.4 is 10.1 Å². The van der Waals surface area contributed by atoms with E-state index in [1.807, 2.05) is 13.0 Å². The van der Waals surface area contributed by atoms with E-state index in [1.165, 1.54) is 0 Å². The summed E-state index contributed by atoms with van der Waals surface area (Å²) < 4.78 is 7.43. The van der Waals surface area contributed by atoms with E-state index in [9.17, 15) is 9.90 Å². The summed E-state index contributed by atoms with van der Waals surface area (Å²) in [6, 6.07) is 5.15. The van der Waals surface area contributed by atoms with Crippen molar-refractivity contribution in [2.45, 2.75) is 52.7 Å². The van der Waals surface area contributed by atoms with Gasteiger partial charge in [0.2, 0.25) is 5.91 Å². The molecule has 1 amide bonds. The predicted octanol–water partition coefficient (Wildman–Crippen LogP) is 2.27. The fraction of sp³-hybridized carbons (Fsp3) is 0.571. The highest BCUT2D eigenvalue weighted by Gasteiger charge is 2.27. The second-order valence-corrected chi connectivity index (χ2v) is 7.79. The summed E-state index contributed by atoms with van der Waals surface area (Å²) in [6.07, 6.45) is 1.21. The quantitative estimate of drug-likeness (QED) is 0.739. The monoisotopic (exact) mass is 401 g/mol. The van der Waals surface area contributed by atoms with E-state index in [0.29, 0.717) is 13.0 Å². The first-order valence-electron chi connectivity index (χ1n) is 10.2. The summed E-state index contributed by atoms with van der Waals surface area (Å²) in [5, 5.41) is 22.1. The van der Waals surface area contributed by atoms with Gasteiger partial charge in [-0.25, -0.2) is 0 Å². The van der Waals surface area contributed by atoms with E-state index in [4.69, 9.17) is 4.74 Å². The summed E-state index contributed by atoms with van der Waals surface area (Å²) in [5.41, 5.74) is 0.845. The number of amides is 1. The fourth-order valence-corrected chi connectivity index (χ4v) is 3.64. The lowest BCUT2D eigenvalue weighted by Crippen LogP contribution is -2.34. The number of hydrogen-bond donors (Lipinski definition) is 2. The third-order valence-corrected chi connectivity index (χ3v) is 5.41. The maximum atomic E-state index is 12.0. The lowest BCUT2D eigenvalue weighted by atomic mass is 10.0. The molecule has 0 radical (unpaired) electrons. The average molecular weight is 402 g/mol. The van der Waals surface area contributed by atoms with E-state index in [0.717, 1.165) is 49.0 Å². The van der Waals surface area contributed by atoms with Crippen LogP contribution in [-0.4, -0.2) is 50.9 Å². The number of nitrogens with one attached hydrogen (secondary N) is 1. The third kappa shape index (κ3) is 4.87. The Morgan fingerprint density at radius 3 is 2.76 bits per heavy atom. The Labute approximate surface area is 171 Å². The number of nitrogens with zero attached hydrogens (tertiary/aromatic N) is 4. The molecule has 1 unspecified atom stereocenters. The molecule has 0 spiro atoms. The zero-order chi connectivity index (χ0) is 21.0. The van der Waals surface area contributed by atoms with Crippen LogP contribution in [0.4, 0.5) is 0 Å². The minimum Gasteiger partial charge on any atom is -0.508 e. The molecule has 1 aliphatic rings. The molecule has 2 heterocycles. The highest BCUT2D eigenvalue weighted by atomic mass is 16.5. The Morgan fingerprint density at radius 1 is 1.28 bits per heavy atom. The summed E-state index contributed by atoms with van der Waals surface area (Å²) in [4.78, 5) is 14.3. The molecule has 1 aliphatic heterocycles. The first-order valence-corrected chi connectivity index (χ1v) is 10.2. The maximum Gasteiger partial charge on any atom is 0.220 e. The van der Waals surface area contributed by atoms with Gasteiger partial charge in [0.15, 0.2) is 5.82 Å². The van der Waals surface area contributed by atoms with Gasteiger partial charge in [0, 0.05) is 44.6 Å². The smallest absolute Gasteiger partial charge is 0.220 e. The van der Waals surface area contributed by atoms with Crippen molar-refractivity contribution >= 4 is 5.91 Å². The van der Waals surface area contributed by atoms with Crippen molar-refractivity contribution in [3.8, 4) is 11.5 Å². The van der Waals surface area contributed by atoms with Crippen LogP contribution in [0, 0.1) is 5.92 Å². The first-order chi connectivity index (χ1) is 13.9. The highest BCUT2D eigenvalue weighted by molar-refractivity contribution is 5.75. The van der Waals surface area contributed by atoms with Crippen LogP contribution in [0.15, 0.2) is 18.2 Å². The Morgan fingerprint density at radius 2 is 2.07 bits per heavy atom. The number of rotatable bonds is 7. The zero-order valence-electron chi connectivity index (χ0n) is 17.7. The van der Waals surface area contributed by atoms with Crippen molar-refractivity contribution in [3.63, 3.8) is 0 Å². The molecule has 3 rings (SSSR count). The van der Waals surface area contributed by atoms with Crippen LogP contribution in [0.1, 0.15) is 50.4 Å². The molecule has 8 heteroatoms. The zero-order valence-corrected chi connectivity index (χ0v) is 17.7. The van der Waals surface area contributed by atoms with Crippen LogP contribution in [-0.2, 0) is 24.3 Å². The number of ether oxygens (including phenoxy) is 1. The Kier molecular flexibility index (Phi) is 6.74. The molecule has 1 atom stereocenters. The number of aromatic nitrogens is 3. The number of benzene rings is 1. The molecule has 1 aromatic carbocycles. The molecule has 2 N–H and O–H groups in total. The summed E-state index contributed by atoms with van der Waals surface area (Å²) in [7, 11) is 1.62. The Balaban J connectivity index is 1.75.